The van der Waals surface area contributed by atoms with E-state index in [2.05, 4.69) is 27.4 Å². The molecule has 0 spiro atoms. The van der Waals surface area contributed by atoms with Crippen molar-refractivity contribution in [2.24, 2.45) is 0 Å². The third-order valence-corrected chi connectivity index (χ3v) is 6.90. The summed E-state index contributed by atoms with van der Waals surface area (Å²) in [6.45, 7) is 4.99. The molecule has 1 aliphatic heterocycles. The summed E-state index contributed by atoms with van der Waals surface area (Å²) >= 11 is 7.50. The van der Waals surface area contributed by atoms with Gasteiger partial charge in [0.15, 0.2) is 5.13 Å². The van der Waals surface area contributed by atoms with Crippen molar-refractivity contribution in [2.45, 2.75) is 19.8 Å². The Labute approximate surface area is 213 Å². The molecule has 1 fully saturated rings. The maximum absolute atomic E-state index is 12.7. The van der Waals surface area contributed by atoms with E-state index in [0.717, 1.165) is 29.5 Å². The summed E-state index contributed by atoms with van der Waals surface area (Å²) in [4.78, 5) is 33.6. The zero-order valence-corrected chi connectivity index (χ0v) is 21.3. The van der Waals surface area contributed by atoms with Gasteiger partial charge in [-0.2, -0.15) is 0 Å². The van der Waals surface area contributed by atoms with Crippen molar-refractivity contribution in [1.29, 1.82) is 0 Å². The van der Waals surface area contributed by atoms with Crippen LogP contribution in [-0.2, 0) is 11.2 Å². The number of carbonyl (C=O) groups is 2. The first kappa shape index (κ1) is 24.8. The van der Waals surface area contributed by atoms with Crippen LogP contribution in [-0.4, -0.2) is 55.1 Å². The summed E-state index contributed by atoms with van der Waals surface area (Å²) < 4.78 is 5.11. The first-order valence-corrected chi connectivity index (χ1v) is 12.6. The summed E-state index contributed by atoms with van der Waals surface area (Å²) in [5, 5.41) is 8.57. The highest BCUT2D eigenvalue weighted by atomic mass is 35.5. The summed E-state index contributed by atoms with van der Waals surface area (Å²) in [5.41, 5.74) is 3.75. The molecule has 0 aliphatic carbocycles. The Balaban J connectivity index is 1.21. The molecule has 0 bridgehead atoms. The summed E-state index contributed by atoms with van der Waals surface area (Å²) in [6.07, 6.45) is 0.919. The Hall–Kier alpha value is -3.30. The number of ether oxygens (including phenoxy) is 1. The number of rotatable bonds is 7. The van der Waals surface area contributed by atoms with Crippen LogP contribution in [0, 0.1) is 6.92 Å². The number of anilines is 3. The molecule has 0 unspecified atom stereocenters. The standard InChI is InChI=1S/C25H28ClN5O3S/c1-17-3-4-18(26)15-22(17)30-11-13-31(14-12-30)23(32)10-7-20-16-35-25(28-20)29-24(33)27-19-5-8-21(34-2)9-6-19/h3-6,8-9,15-16H,7,10-14H2,1-2H3,(H2,27,28,29,33). The number of thiazole rings is 1. The third-order valence-electron chi connectivity index (χ3n) is 5.86. The number of hydrogen-bond donors (Lipinski definition) is 2. The first-order chi connectivity index (χ1) is 16.9. The van der Waals surface area contributed by atoms with Crippen LogP contribution in [0.4, 0.5) is 21.3 Å². The highest BCUT2D eigenvalue weighted by molar-refractivity contribution is 7.13. The van der Waals surface area contributed by atoms with Crippen molar-refractivity contribution < 1.29 is 14.3 Å². The molecule has 2 N–H and O–H groups in total. The van der Waals surface area contributed by atoms with Gasteiger partial charge in [0.05, 0.1) is 12.8 Å². The molecule has 1 aliphatic rings. The number of carbonyl (C=O) groups excluding carboxylic acids is 2. The monoisotopic (exact) mass is 513 g/mol. The number of aromatic nitrogens is 1. The van der Waals surface area contributed by atoms with Crippen LogP contribution in [0.5, 0.6) is 5.75 Å². The molecule has 2 aromatic carbocycles. The molecule has 10 heteroatoms. The largest absolute Gasteiger partial charge is 0.497 e. The van der Waals surface area contributed by atoms with Crippen molar-refractivity contribution in [2.75, 3.05) is 48.8 Å². The minimum atomic E-state index is -0.375. The van der Waals surface area contributed by atoms with Gasteiger partial charge in [0.25, 0.3) is 0 Å². The fourth-order valence-corrected chi connectivity index (χ4v) is 4.83. The second kappa shape index (κ2) is 11.4. The minimum absolute atomic E-state index is 0.118. The van der Waals surface area contributed by atoms with Gasteiger partial charge in [0.2, 0.25) is 5.91 Å². The van der Waals surface area contributed by atoms with E-state index in [0.29, 0.717) is 42.5 Å². The summed E-state index contributed by atoms with van der Waals surface area (Å²) in [7, 11) is 1.59. The Morgan fingerprint density at radius 1 is 1.09 bits per heavy atom. The number of aryl methyl sites for hydroxylation is 2. The van der Waals surface area contributed by atoms with E-state index in [9.17, 15) is 9.59 Å². The van der Waals surface area contributed by atoms with Crippen LogP contribution in [0.25, 0.3) is 0 Å². The average Bonchev–Trinajstić information content (AvgIpc) is 3.31. The normalized spacial score (nSPS) is 13.5. The molecule has 1 aromatic heterocycles. The molecule has 0 atom stereocenters. The summed E-state index contributed by atoms with van der Waals surface area (Å²) in [5.74, 6) is 0.834. The lowest BCUT2D eigenvalue weighted by Crippen LogP contribution is -2.49. The molecule has 8 nitrogen and oxygen atoms in total. The van der Waals surface area contributed by atoms with Gasteiger partial charge < -0.3 is 19.9 Å². The maximum atomic E-state index is 12.7. The van der Waals surface area contributed by atoms with Crippen molar-refractivity contribution in [3.8, 4) is 5.75 Å². The fourth-order valence-electron chi connectivity index (χ4n) is 3.93. The number of nitrogens with zero attached hydrogens (tertiary/aromatic N) is 3. The molecule has 0 saturated carbocycles. The van der Waals surface area contributed by atoms with Crippen molar-refractivity contribution >= 4 is 51.4 Å². The molecule has 3 aromatic rings. The second-order valence-corrected chi connectivity index (χ2v) is 9.54. The Bertz CT molecular complexity index is 1180. The molecule has 2 heterocycles. The SMILES string of the molecule is COc1ccc(NC(=O)Nc2nc(CCC(=O)N3CCN(c4cc(Cl)ccc4C)CC3)cs2)cc1. The van der Waals surface area contributed by atoms with Gasteiger partial charge in [-0.3, -0.25) is 10.1 Å². The molecule has 0 radical (unpaired) electrons. The smallest absolute Gasteiger partial charge is 0.325 e. The summed E-state index contributed by atoms with van der Waals surface area (Å²) in [6, 6.07) is 12.6. The number of urea groups is 1. The molecule has 35 heavy (non-hydrogen) atoms. The van der Waals surface area contributed by atoms with Gasteiger partial charge in [-0.1, -0.05) is 17.7 Å². The van der Waals surface area contributed by atoms with Gasteiger partial charge in [0, 0.05) is 54.4 Å². The number of piperazine rings is 1. The highest BCUT2D eigenvalue weighted by Crippen LogP contribution is 2.25. The van der Waals surface area contributed by atoms with E-state index in [4.69, 9.17) is 16.3 Å². The average molecular weight is 514 g/mol. The molecule has 1 saturated heterocycles. The van der Waals surface area contributed by atoms with Crippen molar-refractivity contribution in [3.63, 3.8) is 0 Å². The van der Waals surface area contributed by atoms with E-state index in [1.807, 2.05) is 28.5 Å². The topological polar surface area (TPSA) is 86.8 Å². The van der Waals surface area contributed by atoms with Crippen LogP contribution in [0.3, 0.4) is 0 Å². The van der Waals surface area contributed by atoms with Crippen LogP contribution < -0.4 is 20.3 Å². The number of benzene rings is 2. The van der Waals surface area contributed by atoms with Crippen LogP contribution in [0.15, 0.2) is 47.8 Å². The number of methoxy groups -OCH3 is 1. The van der Waals surface area contributed by atoms with Gasteiger partial charge in [-0.15, -0.1) is 11.3 Å². The van der Waals surface area contributed by atoms with Gasteiger partial charge in [0.1, 0.15) is 5.75 Å². The van der Waals surface area contributed by atoms with E-state index in [1.54, 1.807) is 31.4 Å². The molecular formula is C25H28ClN5O3S. The van der Waals surface area contributed by atoms with Gasteiger partial charge in [-0.05, 0) is 55.3 Å². The van der Waals surface area contributed by atoms with Crippen molar-refractivity contribution in [1.82, 2.24) is 9.88 Å². The number of hydrogen-bond acceptors (Lipinski definition) is 6. The molecule has 4 rings (SSSR count). The number of halogens is 1. The van der Waals surface area contributed by atoms with E-state index >= 15 is 0 Å². The van der Waals surface area contributed by atoms with E-state index in [-0.39, 0.29) is 11.9 Å². The minimum Gasteiger partial charge on any atom is -0.497 e. The number of nitrogens with one attached hydrogen (secondary N) is 2. The lowest BCUT2D eigenvalue weighted by atomic mass is 10.1. The second-order valence-electron chi connectivity index (χ2n) is 8.25. The third kappa shape index (κ3) is 6.64. The van der Waals surface area contributed by atoms with E-state index in [1.165, 1.54) is 16.9 Å². The van der Waals surface area contributed by atoms with Gasteiger partial charge in [-0.25, -0.2) is 9.78 Å². The predicted octanol–water partition coefficient (Wildman–Crippen LogP) is 5.04. The van der Waals surface area contributed by atoms with Crippen LogP contribution >= 0.6 is 22.9 Å². The van der Waals surface area contributed by atoms with Crippen LogP contribution in [0.1, 0.15) is 17.7 Å². The lowest BCUT2D eigenvalue weighted by molar-refractivity contribution is -0.131. The molecule has 184 valence electrons. The lowest BCUT2D eigenvalue weighted by Gasteiger charge is -2.37. The van der Waals surface area contributed by atoms with Crippen molar-refractivity contribution in [3.05, 3.63) is 64.1 Å². The molecule has 3 amide bonds. The predicted molar refractivity (Wildman–Crippen MR) is 141 cm³/mol. The van der Waals surface area contributed by atoms with Crippen LogP contribution in [0.2, 0.25) is 5.02 Å². The Morgan fingerprint density at radius 2 is 1.83 bits per heavy atom. The zero-order chi connectivity index (χ0) is 24.8. The zero-order valence-electron chi connectivity index (χ0n) is 19.7. The number of amides is 3. The Kier molecular flexibility index (Phi) is 8.09. The first-order valence-electron chi connectivity index (χ1n) is 11.4. The maximum Gasteiger partial charge on any atom is 0.325 e. The highest BCUT2D eigenvalue weighted by Gasteiger charge is 2.22. The van der Waals surface area contributed by atoms with Gasteiger partial charge >= 0.3 is 6.03 Å². The fraction of sp³-hybridized carbons (Fsp3) is 0.320. The van der Waals surface area contributed by atoms with E-state index < -0.39 is 0 Å². The molecular weight excluding hydrogens is 486 g/mol. The Morgan fingerprint density at radius 3 is 2.54 bits per heavy atom. The quantitative estimate of drug-likeness (QED) is 0.462.